The Bertz CT molecular complexity index is 193. The lowest BCUT2D eigenvalue weighted by atomic mass is 9.91. The van der Waals surface area contributed by atoms with Crippen molar-refractivity contribution >= 4 is 0 Å². The molecule has 1 fully saturated rings. The van der Waals surface area contributed by atoms with Crippen LogP contribution in [-0.4, -0.2) is 12.6 Å². The first-order chi connectivity index (χ1) is 5.91. The van der Waals surface area contributed by atoms with Crippen molar-refractivity contribution in [2.24, 2.45) is 11.3 Å². The van der Waals surface area contributed by atoms with Gasteiger partial charge in [-0.05, 0) is 31.1 Å². The summed E-state index contributed by atoms with van der Waals surface area (Å²) in [5, 5.41) is 3.59. The maximum atomic E-state index is 3.91. The summed E-state index contributed by atoms with van der Waals surface area (Å²) in [6.45, 7) is 14.1. The average molecular weight is 181 g/mol. The molecule has 2 atom stereocenters. The molecule has 76 valence electrons. The molecule has 1 rings (SSSR count). The van der Waals surface area contributed by atoms with E-state index in [1.165, 1.54) is 18.4 Å². The molecular formula is C12H23N. The van der Waals surface area contributed by atoms with E-state index < -0.39 is 0 Å². The monoisotopic (exact) mass is 181 g/mol. The molecule has 1 aliphatic carbocycles. The fourth-order valence-electron chi connectivity index (χ4n) is 2.47. The molecule has 0 spiro atoms. The molecule has 2 unspecified atom stereocenters. The molecule has 1 saturated carbocycles. The highest BCUT2D eigenvalue weighted by molar-refractivity contribution is 4.96. The van der Waals surface area contributed by atoms with Crippen LogP contribution in [0.15, 0.2) is 12.2 Å². The zero-order valence-corrected chi connectivity index (χ0v) is 9.48. The van der Waals surface area contributed by atoms with Gasteiger partial charge in [0.15, 0.2) is 0 Å². The highest BCUT2D eigenvalue weighted by atomic mass is 14.9. The molecule has 0 bridgehead atoms. The highest BCUT2D eigenvalue weighted by Gasteiger charge is 2.35. The van der Waals surface area contributed by atoms with Crippen molar-refractivity contribution in [2.75, 3.05) is 6.54 Å². The van der Waals surface area contributed by atoms with Gasteiger partial charge in [0.1, 0.15) is 0 Å². The van der Waals surface area contributed by atoms with E-state index in [0.717, 1.165) is 12.5 Å². The van der Waals surface area contributed by atoms with E-state index in [0.29, 0.717) is 11.5 Å². The van der Waals surface area contributed by atoms with Gasteiger partial charge in [0.25, 0.3) is 0 Å². The van der Waals surface area contributed by atoms with Crippen LogP contribution in [0.25, 0.3) is 0 Å². The maximum absolute atomic E-state index is 3.91. The molecule has 0 amide bonds. The molecule has 0 aromatic rings. The maximum Gasteiger partial charge on any atom is 0.0161 e. The normalized spacial score (nSPS) is 32.0. The summed E-state index contributed by atoms with van der Waals surface area (Å²) >= 11 is 0. The predicted octanol–water partition coefficient (Wildman–Crippen LogP) is 2.98. The van der Waals surface area contributed by atoms with Gasteiger partial charge in [0.2, 0.25) is 0 Å². The molecule has 1 N–H and O–H groups in total. The van der Waals surface area contributed by atoms with Crippen molar-refractivity contribution in [2.45, 2.75) is 46.6 Å². The summed E-state index contributed by atoms with van der Waals surface area (Å²) in [6, 6.07) is 0.701. The summed E-state index contributed by atoms with van der Waals surface area (Å²) in [4.78, 5) is 0. The molecule has 0 aromatic heterocycles. The van der Waals surface area contributed by atoms with Gasteiger partial charge in [-0.2, -0.15) is 0 Å². The Hall–Kier alpha value is -0.300. The van der Waals surface area contributed by atoms with Crippen molar-refractivity contribution in [3.8, 4) is 0 Å². The van der Waals surface area contributed by atoms with Crippen molar-refractivity contribution in [1.82, 2.24) is 5.32 Å². The van der Waals surface area contributed by atoms with Gasteiger partial charge < -0.3 is 5.32 Å². The van der Waals surface area contributed by atoms with Crippen LogP contribution >= 0.6 is 0 Å². The van der Waals surface area contributed by atoms with Crippen LogP contribution in [0.5, 0.6) is 0 Å². The average Bonchev–Trinajstić information content (AvgIpc) is 2.20. The second kappa shape index (κ2) is 3.83. The largest absolute Gasteiger partial charge is 0.310 e. The molecule has 1 aliphatic rings. The first-order valence-corrected chi connectivity index (χ1v) is 5.28. The van der Waals surface area contributed by atoms with Crippen LogP contribution in [0.1, 0.15) is 40.5 Å². The Labute approximate surface area is 82.6 Å². The third kappa shape index (κ3) is 3.15. The van der Waals surface area contributed by atoms with E-state index in [1.54, 1.807) is 0 Å². The minimum atomic E-state index is 0.534. The molecule has 0 aromatic carbocycles. The summed E-state index contributed by atoms with van der Waals surface area (Å²) in [5.41, 5.74) is 1.77. The van der Waals surface area contributed by atoms with E-state index in [-0.39, 0.29) is 0 Å². The van der Waals surface area contributed by atoms with Gasteiger partial charge in [0, 0.05) is 12.6 Å². The summed E-state index contributed by atoms with van der Waals surface area (Å²) < 4.78 is 0. The van der Waals surface area contributed by atoms with Crippen LogP contribution in [-0.2, 0) is 0 Å². The molecule has 0 heterocycles. The van der Waals surface area contributed by atoms with Crippen LogP contribution in [0, 0.1) is 11.3 Å². The standard InChI is InChI=1S/C12H23N/c1-9(2)8-13-11-7-12(4,5)6-10(11)3/h10-11,13H,1,6-8H2,2-5H3. The van der Waals surface area contributed by atoms with Crippen molar-refractivity contribution in [3.05, 3.63) is 12.2 Å². The lowest BCUT2D eigenvalue weighted by molar-refractivity contribution is 0.363. The Balaban J connectivity index is 2.39. The predicted molar refractivity (Wildman–Crippen MR) is 58.8 cm³/mol. The Morgan fingerprint density at radius 3 is 2.46 bits per heavy atom. The van der Waals surface area contributed by atoms with Crippen molar-refractivity contribution in [1.29, 1.82) is 0 Å². The quantitative estimate of drug-likeness (QED) is 0.660. The minimum Gasteiger partial charge on any atom is -0.310 e. The van der Waals surface area contributed by atoms with E-state index in [2.05, 4.69) is 39.6 Å². The van der Waals surface area contributed by atoms with E-state index in [1.807, 2.05) is 0 Å². The molecular weight excluding hydrogens is 158 g/mol. The topological polar surface area (TPSA) is 12.0 Å². The summed E-state index contributed by atoms with van der Waals surface area (Å²) in [7, 11) is 0. The molecule has 0 aliphatic heterocycles. The second-order valence-corrected chi connectivity index (χ2v) is 5.49. The van der Waals surface area contributed by atoms with Gasteiger partial charge in [0.05, 0.1) is 0 Å². The smallest absolute Gasteiger partial charge is 0.0161 e. The fourth-order valence-corrected chi connectivity index (χ4v) is 2.47. The molecule has 13 heavy (non-hydrogen) atoms. The SMILES string of the molecule is C=C(C)CNC1CC(C)(C)CC1C. The number of hydrogen-bond acceptors (Lipinski definition) is 1. The van der Waals surface area contributed by atoms with Crippen molar-refractivity contribution < 1.29 is 0 Å². The zero-order chi connectivity index (χ0) is 10.1. The number of nitrogens with one attached hydrogen (secondary N) is 1. The van der Waals surface area contributed by atoms with E-state index >= 15 is 0 Å². The lowest BCUT2D eigenvalue weighted by Gasteiger charge is -2.18. The lowest BCUT2D eigenvalue weighted by Crippen LogP contribution is -2.32. The summed E-state index contributed by atoms with van der Waals surface area (Å²) in [6.07, 6.45) is 2.66. The molecule has 0 radical (unpaired) electrons. The third-order valence-corrected chi connectivity index (χ3v) is 3.00. The number of hydrogen-bond donors (Lipinski definition) is 1. The fraction of sp³-hybridized carbons (Fsp3) is 0.833. The number of rotatable bonds is 3. The Morgan fingerprint density at radius 2 is 2.08 bits per heavy atom. The van der Waals surface area contributed by atoms with Crippen LogP contribution in [0.3, 0.4) is 0 Å². The molecule has 1 heteroatoms. The molecule has 0 saturated heterocycles. The zero-order valence-electron chi connectivity index (χ0n) is 9.48. The van der Waals surface area contributed by atoms with Gasteiger partial charge in [-0.1, -0.05) is 32.9 Å². The van der Waals surface area contributed by atoms with Gasteiger partial charge in [-0.15, -0.1) is 0 Å². The highest BCUT2D eigenvalue weighted by Crippen LogP contribution is 2.40. The van der Waals surface area contributed by atoms with Gasteiger partial charge in [-0.25, -0.2) is 0 Å². The van der Waals surface area contributed by atoms with Gasteiger partial charge >= 0.3 is 0 Å². The van der Waals surface area contributed by atoms with Crippen molar-refractivity contribution in [3.63, 3.8) is 0 Å². The van der Waals surface area contributed by atoms with Gasteiger partial charge in [-0.3, -0.25) is 0 Å². The first kappa shape index (κ1) is 10.8. The second-order valence-electron chi connectivity index (χ2n) is 5.49. The Kier molecular flexibility index (Phi) is 3.18. The third-order valence-electron chi connectivity index (χ3n) is 3.00. The molecule has 1 nitrogen and oxygen atoms in total. The Morgan fingerprint density at radius 1 is 1.46 bits per heavy atom. The van der Waals surface area contributed by atoms with Crippen LogP contribution in [0.4, 0.5) is 0 Å². The summed E-state index contributed by atoms with van der Waals surface area (Å²) in [5.74, 6) is 0.814. The van der Waals surface area contributed by atoms with E-state index in [4.69, 9.17) is 0 Å². The minimum absolute atomic E-state index is 0.534. The van der Waals surface area contributed by atoms with E-state index in [9.17, 15) is 0 Å². The first-order valence-electron chi connectivity index (χ1n) is 5.28. The van der Waals surface area contributed by atoms with Crippen LogP contribution < -0.4 is 5.32 Å². The van der Waals surface area contributed by atoms with Crippen LogP contribution in [0.2, 0.25) is 0 Å².